The average Bonchev–Trinajstić information content (AvgIpc) is 2.36. The number of nitrogens with zero attached hydrogens (tertiary/aromatic N) is 1. The van der Waals surface area contributed by atoms with Gasteiger partial charge in [-0.2, -0.15) is 0 Å². The lowest BCUT2D eigenvalue weighted by atomic mass is 10.2. The second-order valence-corrected chi connectivity index (χ2v) is 5.61. The lowest BCUT2D eigenvalue weighted by Gasteiger charge is -2.14. The number of rotatable bonds is 3. The van der Waals surface area contributed by atoms with Gasteiger partial charge >= 0.3 is 5.97 Å². The van der Waals surface area contributed by atoms with E-state index in [1.165, 1.54) is 19.2 Å². The lowest BCUT2D eigenvalue weighted by Crippen LogP contribution is -2.24. The largest absolute Gasteiger partial charge is 0.465 e. The van der Waals surface area contributed by atoms with E-state index < -0.39 is 16.0 Å². The normalized spacial score (nSPS) is 10.6. The number of terminal acetylenes is 1. The van der Waals surface area contributed by atoms with Crippen molar-refractivity contribution in [2.24, 2.45) is 0 Å². The zero-order valence-electron chi connectivity index (χ0n) is 9.68. The Morgan fingerprint density at radius 1 is 1.50 bits per heavy atom. The van der Waals surface area contributed by atoms with E-state index in [1.54, 1.807) is 0 Å². The van der Waals surface area contributed by atoms with Crippen molar-refractivity contribution in [1.82, 2.24) is 4.31 Å². The molecule has 0 saturated carbocycles. The number of carbonyl (C=O) groups excluding carboxylic acids is 1. The number of ether oxygens (including phenoxy) is 1. The highest BCUT2D eigenvalue weighted by atomic mass is 35.5. The molecule has 0 aromatic heterocycles. The molecule has 0 aliphatic heterocycles. The van der Waals surface area contributed by atoms with Gasteiger partial charge in [-0.05, 0) is 18.2 Å². The lowest BCUT2D eigenvalue weighted by molar-refractivity contribution is 0.0596. The number of hydrogen-bond donors (Lipinski definition) is 0. The smallest absolute Gasteiger partial charge is 0.339 e. The van der Waals surface area contributed by atoms with E-state index in [-0.39, 0.29) is 15.5 Å². The average molecular weight is 288 g/mol. The minimum atomic E-state index is -3.99. The standard InChI is InChI=1S/C11H10ClNO4S/c1-4-13(2)18(15,16)10-7-8(12)5-6-9(10)11(14)17-3/h1,5-7H,2-3H3. The summed E-state index contributed by atoms with van der Waals surface area (Å²) >= 11 is 5.73. The van der Waals surface area contributed by atoms with Crippen molar-refractivity contribution in [3.05, 3.63) is 28.8 Å². The Labute approximate surface area is 110 Å². The molecule has 0 saturated heterocycles. The number of benzene rings is 1. The summed E-state index contributed by atoms with van der Waals surface area (Å²) < 4.78 is 29.3. The van der Waals surface area contributed by atoms with Crippen LogP contribution in [0.3, 0.4) is 0 Å². The summed E-state index contributed by atoms with van der Waals surface area (Å²) in [7, 11) is -1.64. The Morgan fingerprint density at radius 2 is 2.11 bits per heavy atom. The van der Waals surface area contributed by atoms with Crippen LogP contribution in [-0.2, 0) is 14.8 Å². The Balaban J connectivity index is 3.54. The maximum atomic E-state index is 12.1. The Hall–Kier alpha value is -1.71. The van der Waals surface area contributed by atoms with Gasteiger partial charge in [0, 0.05) is 18.1 Å². The fourth-order valence-corrected chi connectivity index (χ4v) is 2.58. The van der Waals surface area contributed by atoms with Gasteiger partial charge in [-0.15, -0.1) is 0 Å². The summed E-state index contributed by atoms with van der Waals surface area (Å²) in [5.41, 5.74) is -0.121. The molecular weight excluding hydrogens is 278 g/mol. The predicted molar refractivity (Wildman–Crippen MR) is 66.6 cm³/mol. The first-order valence-electron chi connectivity index (χ1n) is 4.67. The topological polar surface area (TPSA) is 63.7 Å². The van der Waals surface area contributed by atoms with Crippen LogP contribution in [0.5, 0.6) is 0 Å². The number of hydrogen-bond acceptors (Lipinski definition) is 4. The third kappa shape index (κ3) is 2.58. The van der Waals surface area contributed by atoms with Crippen LogP contribution in [0.2, 0.25) is 5.02 Å². The summed E-state index contributed by atoms with van der Waals surface area (Å²) in [6, 6.07) is 5.77. The van der Waals surface area contributed by atoms with Crippen LogP contribution in [-0.4, -0.2) is 32.8 Å². The first-order chi connectivity index (χ1) is 8.34. The summed E-state index contributed by atoms with van der Waals surface area (Å²) in [6.45, 7) is 0. The van der Waals surface area contributed by atoms with Gasteiger partial charge in [-0.3, -0.25) is 0 Å². The van der Waals surface area contributed by atoms with Gasteiger partial charge in [0.05, 0.1) is 12.7 Å². The fraction of sp³-hybridized carbons (Fsp3) is 0.182. The van der Waals surface area contributed by atoms with E-state index in [0.717, 1.165) is 13.2 Å². The van der Waals surface area contributed by atoms with E-state index in [9.17, 15) is 13.2 Å². The van der Waals surface area contributed by atoms with Gasteiger partial charge in [0.15, 0.2) is 0 Å². The monoisotopic (exact) mass is 287 g/mol. The molecule has 7 heteroatoms. The first kappa shape index (κ1) is 14.4. The minimum Gasteiger partial charge on any atom is -0.465 e. The van der Waals surface area contributed by atoms with Crippen LogP contribution < -0.4 is 0 Å². The van der Waals surface area contributed by atoms with Crippen LogP contribution in [0.25, 0.3) is 0 Å². The zero-order chi connectivity index (χ0) is 13.9. The number of halogens is 1. The van der Waals surface area contributed by atoms with Crippen LogP contribution >= 0.6 is 11.6 Å². The van der Waals surface area contributed by atoms with Gasteiger partial charge < -0.3 is 4.74 Å². The molecule has 0 atom stereocenters. The summed E-state index contributed by atoms with van der Waals surface area (Å²) in [5.74, 6) is -0.782. The van der Waals surface area contributed by atoms with Crippen molar-refractivity contribution in [3.8, 4) is 12.5 Å². The Morgan fingerprint density at radius 3 is 2.61 bits per heavy atom. The first-order valence-corrected chi connectivity index (χ1v) is 6.49. The van der Waals surface area contributed by atoms with Gasteiger partial charge in [0.2, 0.25) is 0 Å². The summed E-state index contributed by atoms with van der Waals surface area (Å²) in [4.78, 5) is 11.2. The van der Waals surface area contributed by atoms with E-state index in [0.29, 0.717) is 4.31 Å². The van der Waals surface area contributed by atoms with E-state index >= 15 is 0 Å². The van der Waals surface area contributed by atoms with Crippen molar-refractivity contribution in [3.63, 3.8) is 0 Å². The molecule has 0 bridgehead atoms. The highest BCUT2D eigenvalue weighted by molar-refractivity contribution is 7.89. The molecule has 0 spiro atoms. The van der Waals surface area contributed by atoms with Crippen molar-refractivity contribution in [1.29, 1.82) is 0 Å². The molecule has 0 unspecified atom stereocenters. The predicted octanol–water partition coefficient (Wildman–Crippen LogP) is 1.34. The Bertz CT molecular complexity index is 618. The molecule has 18 heavy (non-hydrogen) atoms. The molecule has 5 nitrogen and oxygen atoms in total. The van der Waals surface area contributed by atoms with Gasteiger partial charge in [-0.1, -0.05) is 18.0 Å². The van der Waals surface area contributed by atoms with Crippen LogP contribution in [0.1, 0.15) is 10.4 Å². The third-order valence-electron chi connectivity index (χ3n) is 2.17. The molecule has 0 heterocycles. The van der Waals surface area contributed by atoms with Crippen molar-refractivity contribution in [2.45, 2.75) is 4.90 Å². The molecular formula is C11H10ClNO4S. The number of methoxy groups -OCH3 is 1. The molecule has 0 fully saturated rings. The molecule has 1 aromatic carbocycles. The molecule has 0 N–H and O–H groups in total. The maximum absolute atomic E-state index is 12.1. The molecule has 96 valence electrons. The highest BCUT2D eigenvalue weighted by Crippen LogP contribution is 2.23. The zero-order valence-corrected chi connectivity index (χ0v) is 11.2. The van der Waals surface area contributed by atoms with Crippen LogP contribution in [0.15, 0.2) is 23.1 Å². The second-order valence-electron chi connectivity index (χ2n) is 3.23. The van der Waals surface area contributed by atoms with Crippen LogP contribution in [0, 0.1) is 12.5 Å². The molecule has 0 radical (unpaired) electrons. The number of sulfonamides is 1. The number of carbonyl (C=O) groups is 1. The maximum Gasteiger partial charge on any atom is 0.339 e. The molecule has 0 amide bonds. The van der Waals surface area contributed by atoms with E-state index in [2.05, 4.69) is 4.74 Å². The Kier molecular flexibility index (Phi) is 4.22. The minimum absolute atomic E-state index is 0.121. The second kappa shape index (κ2) is 5.29. The number of esters is 1. The fourth-order valence-electron chi connectivity index (χ4n) is 1.21. The van der Waals surface area contributed by atoms with Crippen molar-refractivity contribution >= 4 is 27.6 Å². The van der Waals surface area contributed by atoms with Gasteiger partial charge in [0.25, 0.3) is 10.0 Å². The SMILES string of the molecule is C#CN(C)S(=O)(=O)c1cc(Cl)ccc1C(=O)OC. The van der Waals surface area contributed by atoms with Crippen molar-refractivity contribution < 1.29 is 17.9 Å². The molecule has 0 aliphatic carbocycles. The van der Waals surface area contributed by atoms with Crippen LogP contribution in [0.4, 0.5) is 0 Å². The van der Waals surface area contributed by atoms with Gasteiger partial charge in [0.1, 0.15) is 4.90 Å². The molecule has 1 aromatic rings. The third-order valence-corrected chi connectivity index (χ3v) is 4.12. The summed E-state index contributed by atoms with van der Waals surface area (Å²) in [6.07, 6.45) is 5.04. The molecule has 0 aliphatic rings. The van der Waals surface area contributed by atoms with E-state index in [4.69, 9.17) is 18.0 Å². The van der Waals surface area contributed by atoms with Crippen molar-refractivity contribution in [2.75, 3.05) is 14.2 Å². The quantitative estimate of drug-likeness (QED) is 0.478. The highest BCUT2D eigenvalue weighted by Gasteiger charge is 2.26. The van der Waals surface area contributed by atoms with E-state index in [1.807, 2.05) is 6.04 Å². The molecule has 1 rings (SSSR count). The van der Waals surface area contributed by atoms with Gasteiger partial charge in [-0.25, -0.2) is 17.5 Å². The summed E-state index contributed by atoms with van der Waals surface area (Å²) in [5, 5.41) is 0.173.